The lowest BCUT2D eigenvalue weighted by Crippen LogP contribution is -2.20. The number of anilines is 1. The van der Waals surface area contributed by atoms with E-state index >= 15 is 0 Å². The molecule has 0 saturated heterocycles. The second kappa shape index (κ2) is 14.4. The predicted molar refractivity (Wildman–Crippen MR) is 218 cm³/mol. The van der Waals surface area contributed by atoms with Crippen LogP contribution >= 0.6 is 0 Å². The smallest absolute Gasteiger partial charge is 0.244 e. The number of hydrogen-bond acceptors (Lipinski definition) is 3. The average molecular weight is 696 g/mol. The van der Waals surface area contributed by atoms with Crippen molar-refractivity contribution in [3.05, 3.63) is 166 Å². The van der Waals surface area contributed by atoms with E-state index in [0.29, 0.717) is 0 Å². The zero-order valence-electron chi connectivity index (χ0n) is 30.9. The number of ether oxygens (including phenoxy) is 2. The molecule has 8 bridgehead atoms. The number of rotatable bonds is 6. The predicted octanol–water partition coefficient (Wildman–Crippen LogP) is 10.00. The molecule has 0 amide bonds. The molecule has 4 nitrogen and oxygen atoms in total. The fourth-order valence-electron chi connectivity index (χ4n) is 8.70. The molecule has 4 heteroatoms. The molecule has 0 N–H and O–H groups in total. The molecule has 1 aliphatic heterocycles. The van der Waals surface area contributed by atoms with E-state index in [0.717, 1.165) is 76.0 Å². The first-order valence-corrected chi connectivity index (χ1v) is 19.3. The third-order valence-electron chi connectivity index (χ3n) is 11.7. The highest BCUT2D eigenvalue weighted by Gasteiger charge is 2.27. The van der Waals surface area contributed by atoms with Gasteiger partial charge >= 0.3 is 0 Å². The first kappa shape index (κ1) is 33.2. The molecule has 264 valence electrons. The van der Waals surface area contributed by atoms with E-state index in [9.17, 15) is 0 Å². The maximum absolute atomic E-state index is 5.79. The van der Waals surface area contributed by atoms with Gasteiger partial charge in [0.1, 0.15) is 36.0 Å². The maximum Gasteiger partial charge on any atom is 0.244 e. The Hall–Kier alpha value is -5.61. The Bertz CT molecular complexity index is 2350. The van der Waals surface area contributed by atoms with Gasteiger partial charge in [0.2, 0.25) is 6.34 Å². The van der Waals surface area contributed by atoms with Crippen molar-refractivity contribution in [2.24, 2.45) is 0 Å². The fourth-order valence-corrected chi connectivity index (χ4v) is 8.70. The molecule has 0 radical (unpaired) electrons. The third-order valence-corrected chi connectivity index (χ3v) is 11.7. The minimum absolute atomic E-state index is 0.937. The van der Waals surface area contributed by atoms with E-state index in [4.69, 9.17) is 9.47 Å². The van der Waals surface area contributed by atoms with Crippen molar-refractivity contribution in [3.63, 3.8) is 0 Å². The molecule has 15 rings (SSSR count). The molecule has 1 heterocycles. The second-order valence-electron chi connectivity index (χ2n) is 14.8. The highest BCUT2D eigenvalue weighted by atomic mass is 16.5. The minimum atomic E-state index is 0.937. The zero-order valence-corrected chi connectivity index (χ0v) is 30.9. The molecule has 8 aliphatic carbocycles. The summed E-state index contributed by atoms with van der Waals surface area (Å²) in [5.41, 5.74) is 18.8. The van der Waals surface area contributed by atoms with Crippen molar-refractivity contribution in [1.82, 2.24) is 0 Å². The van der Waals surface area contributed by atoms with Gasteiger partial charge in [0.05, 0.1) is 14.2 Å². The van der Waals surface area contributed by atoms with Gasteiger partial charge in [0.15, 0.2) is 0 Å². The third kappa shape index (κ3) is 6.63. The Morgan fingerprint density at radius 3 is 1.51 bits per heavy atom. The number of para-hydroxylation sites is 2. The van der Waals surface area contributed by atoms with Crippen LogP contribution < -0.4 is 14.4 Å². The summed E-state index contributed by atoms with van der Waals surface area (Å²) in [4.78, 5) is 2.52. The number of nitrogens with zero attached hydrogens (tertiary/aromatic N) is 2. The van der Waals surface area contributed by atoms with E-state index in [1.807, 2.05) is 0 Å². The summed E-state index contributed by atoms with van der Waals surface area (Å²) in [5, 5.41) is 0. The summed E-state index contributed by atoms with van der Waals surface area (Å²) in [7, 11) is 3.54. The quantitative estimate of drug-likeness (QED) is 0.162. The highest BCUT2D eigenvalue weighted by Crippen LogP contribution is 2.37. The van der Waals surface area contributed by atoms with Crippen molar-refractivity contribution < 1.29 is 14.0 Å². The van der Waals surface area contributed by atoms with Crippen molar-refractivity contribution in [1.29, 1.82) is 0 Å². The second-order valence-corrected chi connectivity index (χ2v) is 14.8. The van der Waals surface area contributed by atoms with Crippen LogP contribution in [0.3, 0.4) is 0 Å². The van der Waals surface area contributed by atoms with E-state index in [1.165, 1.54) is 78.1 Å². The van der Waals surface area contributed by atoms with E-state index in [-0.39, 0.29) is 0 Å². The molecular weight excluding hydrogens is 649 g/mol. The summed E-state index contributed by atoms with van der Waals surface area (Å²) in [6, 6.07) is 45.5. The number of methoxy groups -OCH3 is 2. The van der Waals surface area contributed by atoms with Crippen molar-refractivity contribution in [2.45, 2.75) is 51.4 Å². The molecule has 6 aromatic rings. The maximum atomic E-state index is 5.79. The molecule has 0 saturated carbocycles. The van der Waals surface area contributed by atoms with E-state index in [2.05, 4.69) is 137 Å². The summed E-state index contributed by atoms with van der Waals surface area (Å²) in [6.07, 6.45) is 10.4. The molecule has 0 fully saturated rings. The van der Waals surface area contributed by atoms with Gasteiger partial charge in [0.25, 0.3) is 0 Å². The Labute approximate surface area is 314 Å². The Balaban J connectivity index is 0.998. The topological polar surface area (TPSA) is 24.7 Å². The van der Waals surface area contributed by atoms with E-state index in [1.54, 1.807) is 14.2 Å². The largest absolute Gasteiger partial charge is 0.496 e. The molecule has 0 unspecified atom stereocenters. The van der Waals surface area contributed by atoms with E-state index < -0.39 is 0 Å². The summed E-state index contributed by atoms with van der Waals surface area (Å²) in [5.74, 6) is 1.87. The van der Waals surface area contributed by atoms with Gasteiger partial charge in [-0.2, -0.15) is 0 Å². The first-order valence-electron chi connectivity index (χ1n) is 19.3. The van der Waals surface area contributed by atoms with Crippen LogP contribution in [0.25, 0.3) is 22.3 Å². The monoisotopic (exact) mass is 695 g/mol. The van der Waals surface area contributed by atoms with Gasteiger partial charge in [-0.1, -0.05) is 97.1 Å². The molecule has 53 heavy (non-hydrogen) atoms. The summed E-state index contributed by atoms with van der Waals surface area (Å²) in [6.45, 7) is 1.96. The average Bonchev–Trinajstić information content (AvgIpc) is 3.69. The molecule has 0 atom stereocenters. The standard InChI is InChI=1S/C49H47N2O2/c1-52-48-9-5-3-7-42(48)44-29-34-11-19-38(44)21-13-36-17-25-40(23-15-34)46(31-36)50-27-28-51(33-50)47-32-37-14-22-39-20-12-35(16-24-41(47)26-18-37)30-45(39)43-8-4-6-10-49(43)53-2/h3-12,17-20,25-26,29-33H,13-16,21-24,27-28H2,1-2H3/q+1. The van der Waals surface area contributed by atoms with Gasteiger partial charge in [-0.25, -0.2) is 9.48 Å². The minimum Gasteiger partial charge on any atom is -0.496 e. The van der Waals surface area contributed by atoms with Crippen LogP contribution in [0.15, 0.2) is 121 Å². The van der Waals surface area contributed by atoms with Crippen LogP contribution in [-0.2, 0) is 51.4 Å². The van der Waals surface area contributed by atoms with Crippen molar-refractivity contribution >= 4 is 17.7 Å². The molecule has 6 aromatic carbocycles. The molecule has 0 aromatic heterocycles. The van der Waals surface area contributed by atoms with Crippen LogP contribution in [0.1, 0.15) is 44.5 Å². The SMILES string of the molecule is COc1ccccc1-c1cc2ccc1CCc1ccc(c(N3C=[N+](c4cc5ccc4CCc4ccc(c(-c6ccccc6OC)c4)CC5)CC3)c1)CC2. The number of aryl methyl sites for hydroxylation is 8. The lowest BCUT2D eigenvalue weighted by atomic mass is 9.89. The Kier molecular flexibility index (Phi) is 9.05. The van der Waals surface area contributed by atoms with Crippen LogP contribution in [0.4, 0.5) is 11.4 Å². The number of hydrogen-bond donors (Lipinski definition) is 0. The first-order chi connectivity index (χ1) is 26.1. The van der Waals surface area contributed by atoms with Gasteiger partial charge in [-0.15, -0.1) is 0 Å². The fraction of sp³-hybridized carbons (Fsp3) is 0.245. The molecule has 9 aliphatic rings. The Morgan fingerprint density at radius 2 is 0.925 bits per heavy atom. The Morgan fingerprint density at radius 1 is 0.453 bits per heavy atom. The lowest BCUT2D eigenvalue weighted by Gasteiger charge is -2.18. The van der Waals surface area contributed by atoms with Gasteiger partial charge < -0.3 is 9.47 Å². The number of benzene rings is 6. The highest BCUT2D eigenvalue weighted by molar-refractivity contribution is 5.81. The van der Waals surface area contributed by atoms with Gasteiger partial charge in [-0.3, -0.25) is 0 Å². The normalized spacial score (nSPS) is 15.1. The molecule has 0 spiro atoms. The lowest BCUT2D eigenvalue weighted by molar-refractivity contribution is -0.424. The summed E-state index contributed by atoms with van der Waals surface area (Å²) < 4.78 is 14.1. The van der Waals surface area contributed by atoms with Crippen LogP contribution in [-0.4, -0.2) is 38.2 Å². The zero-order chi connectivity index (χ0) is 35.7. The van der Waals surface area contributed by atoms with Gasteiger partial charge in [-0.05, 0) is 131 Å². The van der Waals surface area contributed by atoms with Crippen molar-refractivity contribution in [3.8, 4) is 33.8 Å². The van der Waals surface area contributed by atoms with Gasteiger partial charge in [0, 0.05) is 11.1 Å². The van der Waals surface area contributed by atoms with Crippen LogP contribution in [0.2, 0.25) is 0 Å². The van der Waals surface area contributed by atoms with Crippen LogP contribution in [0.5, 0.6) is 11.5 Å². The van der Waals surface area contributed by atoms with Crippen LogP contribution in [0, 0.1) is 0 Å². The van der Waals surface area contributed by atoms with Crippen molar-refractivity contribution in [2.75, 3.05) is 32.2 Å². The molecular formula is C49H47N2O2+. The summed E-state index contributed by atoms with van der Waals surface area (Å²) >= 11 is 0.